The van der Waals surface area contributed by atoms with Gasteiger partial charge in [0.05, 0.1) is 24.7 Å². The predicted molar refractivity (Wildman–Crippen MR) is 108 cm³/mol. The van der Waals surface area contributed by atoms with Crippen molar-refractivity contribution in [3.8, 4) is 5.75 Å². The Hall–Kier alpha value is -3.13. The van der Waals surface area contributed by atoms with Gasteiger partial charge in [0, 0.05) is 37.2 Å². The van der Waals surface area contributed by atoms with Crippen molar-refractivity contribution in [2.24, 2.45) is 0 Å². The van der Waals surface area contributed by atoms with E-state index in [-0.39, 0.29) is 17.5 Å². The van der Waals surface area contributed by atoms with Gasteiger partial charge in [-0.2, -0.15) is 0 Å². The number of morpholine rings is 1. The smallest absolute Gasteiger partial charge is 0.293 e. The largest absolute Gasteiger partial charge is 0.493 e. The number of rotatable bonds is 5. The lowest BCUT2D eigenvalue weighted by Gasteiger charge is -2.27. The third-order valence-corrected chi connectivity index (χ3v) is 5.36. The molecule has 8 heteroatoms. The summed E-state index contributed by atoms with van der Waals surface area (Å²) in [5.41, 5.74) is 1.75. The minimum atomic E-state index is -0.448. The summed E-state index contributed by atoms with van der Waals surface area (Å²) in [4.78, 5) is 25.5. The molecule has 8 nitrogen and oxygen atoms in total. The summed E-state index contributed by atoms with van der Waals surface area (Å²) >= 11 is 0. The number of ether oxygens (including phenoxy) is 2. The molecular weight excluding hydrogens is 374 g/mol. The van der Waals surface area contributed by atoms with E-state index in [1.54, 1.807) is 17.0 Å². The van der Waals surface area contributed by atoms with Gasteiger partial charge >= 0.3 is 0 Å². The van der Waals surface area contributed by atoms with Gasteiger partial charge in [-0.3, -0.25) is 14.9 Å². The van der Waals surface area contributed by atoms with Crippen LogP contribution >= 0.6 is 0 Å². The maximum Gasteiger partial charge on any atom is 0.293 e. The second-order valence-corrected chi connectivity index (χ2v) is 7.15. The number of carbonyl (C=O) groups is 1. The van der Waals surface area contributed by atoms with Crippen molar-refractivity contribution in [1.29, 1.82) is 0 Å². The molecule has 1 atom stereocenters. The Labute approximate surface area is 168 Å². The fourth-order valence-electron chi connectivity index (χ4n) is 3.78. The van der Waals surface area contributed by atoms with Crippen molar-refractivity contribution in [2.45, 2.75) is 12.3 Å². The van der Waals surface area contributed by atoms with Crippen LogP contribution in [0, 0.1) is 10.1 Å². The number of benzene rings is 2. The van der Waals surface area contributed by atoms with Crippen LogP contribution in [0.1, 0.15) is 28.3 Å². The number of hydrogen-bond acceptors (Lipinski definition) is 6. The fraction of sp³-hybridized carbons (Fsp3) is 0.381. The lowest BCUT2D eigenvalue weighted by atomic mass is 9.93. The predicted octanol–water partition coefficient (Wildman–Crippen LogP) is 3.05. The second-order valence-electron chi connectivity index (χ2n) is 7.15. The molecule has 2 aliphatic heterocycles. The van der Waals surface area contributed by atoms with E-state index in [1.165, 1.54) is 6.07 Å². The topological polar surface area (TPSA) is 93.9 Å². The molecule has 2 aromatic rings. The van der Waals surface area contributed by atoms with E-state index in [4.69, 9.17) is 9.47 Å². The zero-order valence-corrected chi connectivity index (χ0v) is 16.0. The first kappa shape index (κ1) is 19.2. The van der Waals surface area contributed by atoms with Gasteiger partial charge in [-0.25, -0.2) is 0 Å². The van der Waals surface area contributed by atoms with Gasteiger partial charge in [0.1, 0.15) is 11.4 Å². The Kier molecular flexibility index (Phi) is 5.62. The number of carbonyl (C=O) groups excluding carboxylic acids is 1. The first-order valence-corrected chi connectivity index (χ1v) is 9.74. The number of fused-ring (bicyclic) bond motifs is 1. The molecule has 29 heavy (non-hydrogen) atoms. The van der Waals surface area contributed by atoms with Crippen molar-refractivity contribution in [1.82, 2.24) is 4.90 Å². The summed E-state index contributed by atoms with van der Waals surface area (Å²) in [5.74, 6) is 0.863. The van der Waals surface area contributed by atoms with E-state index in [0.29, 0.717) is 50.7 Å². The van der Waals surface area contributed by atoms with E-state index in [9.17, 15) is 14.9 Å². The molecule has 0 saturated carbocycles. The van der Waals surface area contributed by atoms with E-state index in [1.807, 2.05) is 24.3 Å². The van der Waals surface area contributed by atoms with Gasteiger partial charge in [-0.15, -0.1) is 0 Å². The highest BCUT2D eigenvalue weighted by Gasteiger charge is 2.25. The molecule has 2 aliphatic rings. The van der Waals surface area contributed by atoms with E-state index in [2.05, 4.69) is 5.32 Å². The number of anilines is 1. The van der Waals surface area contributed by atoms with Crippen LogP contribution in [0.4, 0.5) is 11.4 Å². The van der Waals surface area contributed by atoms with Crippen LogP contribution < -0.4 is 10.1 Å². The highest BCUT2D eigenvalue weighted by atomic mass is 16.6. The minimum absolute atomic E-state index is 0.0931. The van der Waals surface area contributed by atoms with Gasteiger partial charge in [-0.1, -0.05) is 18.2 Å². The number of nitro benzene ring substituents is 1. The van der Waals surface area contributed by atoms with Gasteiger partial charge in [-0.05, 0) is 30.2 Å². The Bertz CT molecular complexity index is 911. The minimum Gasteiger partial charge on any atom is -0.493 e. The van der Waals surface area contributed by atoms with Gasteiger partial charge in [0.2, 0.25) is 0 Å². The molecule has 1 unspecified atom stereocenters. The molecule has 4 rings (SSSR count). The number of hydrogen-bond donors (Lipinski definition) is 1. The Morgan fingerprint density at radius 3 is 2.76 bits per heavy atom. The van der Waals surface area contributed by atoms with Gasteiger partial charge < -0.3 is 19.7 Å². The SMILES string of the molecule is O=C(c1ccc(NCC2CCOc3ccccc32)c([N+](=O)[O-])c1)N1CCOCC1. The highest BCUT2D eigenvalue weighted by Crippen LogP contribution is 2.34. The molecule has 0 aromatic heterocycles. The molecule has 1 N–H and O–H groups in total. The normalized spacial score (nSPS) is 18.5. The molecule has 1 fully saturated rings. The Morgan fingerprint density at radius 2 is 1.97 bits per heavy atom. The van der Waals surface area contributed by atoms with E-state index < -0.39 is 4.92 Å². The number of nitro groups is 1. The van der Waals surface area contributed by atoms with Crippen LogP contribution in [-0.2, 0) is 4.74 Å². The molecule has 1 saturated heterocycles. The molecule has 1 amide bonds. The molecular formula is C21H23N3O5. The van der Waals surface area contributed by atoms with Crippen molar-refractivity contribution < 1.29 is 19.2 Å². The molecule has 0 spiro atoms. The number of nitrogens with one attached hydrogen (secondary N) is 1. The average Bonchev–Trinajstić information content (AvgIpc) is 2.77. The third kappa shape index (κ3) is 4.17. The first-order chi connectivity index (χ1) is 14.1. The molecule has 2 heterocycles. The van der Waals surface area contributed by atoms with Crippen molar-refractivity contribution >= 4 is 17.3 Å². The molecule has 0 bridgehead atoms. The van der Waals surface area contributed by atoms with Crippen molar-refractivity contribution in [2.75, 3.05) is 44.8 Å². The quantitative estimate of drug-likeness (QED) is 0.616. The number of para-hydroxylation sites is 1. The molecule has 2 aromatic carbocycles. The van der Waals surface area contributed by atoms with Crippen LogP contribution in [0.15, 0.2) is 42.5 Å². The summed E-state index contributed by atoms with van der Waals surface area (Å²) < 4.78 is 10.9. The third-order valence-electron chi connectivity index (χ3n) is 5.36. The van der Waals surface area contributed by atoms with Gasteiger partial charge in [0.25, 0.3) is 11.6 Å². The Balaban J connectivity index is 1.51. The van der Waals surface area contributed by atoms with E-state index in [0.717, 1.165) is 17.7 Å². The lowest BCUT2D eigenvalue weighted by Crippen LogP contribution is -2.40. The summed E-state index contributed by atoms with van der Waals surface area (Å²) in [6.45, 7) is 3.14. The fourth-order valence-corrected chi connectivity index (χ4v) is 3.78. The molecule has 152 valence electrons. The number of amides is 1. The Morgan fingerprint density at radius 1 is 1.17 bits per heavy atom. The second kappa shape index (κ2) is 8.48. The van der Waals surface area contributed by atoms with Crippen molar-refractivity contribution in [3.63, 3.8) is 0 Å². The summed E-state index contributed by atoms with van der Waals surface area (Å²) in [6.07, 6.45) is 0.839. The van der Waals surface area contributed by atoms with Gasteiger partial charge in [0.15, 0.2) is 0 Å². The zero-order chi connectivity index (χ0) is 20.2. The standard InChI is InChI=1S/C21H23N3O5/c25-21(23-8-11-28-12-9-23)15-5-6-18(19(13-15)24(26)27)22-14-16-7-10-29-20-4-2-1-3-17(16)20/h1-6,13,16,22H,7-12,14H2. The zero-order valence-electron chi connectivity index (χ0n) is 16.0. The molecule has 0 radical (unpaired) electrons. The molecule has 0 aliphatic carbocycles. The van der Waals surface area contributed by atoms with Crippen LogP contribution in [0.2, 0.25) is 0 Å². The van der Waals surface area contributed by atoms with E-state index >= 15 is 0 Å². The summed E-state index contributed by atoms with van der Waals surface area (Å²) in [6, 6.07) is 12.5. The maximum atomic E-state index is 12.6. The highest BCUT2D eigenvalue weighted by molar-refractivity contribution is 5.95. The van der Waals surface area contributed by atoms with Crippen LogP contribution in [-0.4, -0.2) is 55.2 Å². The van der Waals surface area contributed by atoms with Crippen LogP contribution in [0.25, 0.3) is 0 Å². The maximum absolute atomic E-state index is 12.6. The summed E-state index contributed by atoms with van der Waals surface area (Å²) in [7, 11) is 0. The number of nitrogens with zero attached hydrogens (tertiary/aromatic N) is 2. The van der Waals surface area contributed by atoms with Crippen LogP contribution in [0.3, 0.4) is 0 Å². The first-order valence-electron chi connectivity index (χ1n) is 9.74. The lowest BCUT2D eigenvalue weighted by molar-refractivity contribution is -0.384. The summed E-state index contributed by atoms with van der Waals surface area (Å²) in [5, 5.41) is 14.8. The van der Waals surface area contributed by atoms with Crippen molar-refractivity contribution in [3.05, 3.63) is 63.7 Å². The average molecular weight is 397 g/mol. The monoisotopic (exact) mass is 397 g/mol. The van der Waals surface area contributed by atoms with Crippen LogP contribution in [0.5, 0.6) is 5.75 Å².